The summed E-state index contributed by atoms with van der Waals surface area (Å²) in [6.07, 6.45) is 1.86. The molecule has 1 aliphatic rings. The summed E-state index contributed by atoms with van der Waals surface area (Å²) < 4.78 is 3.44. The largest absolute Gasteiger partial charge is 0.290 e. The van der Waals surface area contributed by atoms with Gasteiger partial charge in [0.05, 0.1) is 15.8 Å². The van der Waals surface area contributed by atoms with E-state index in [4.69, 9.17) is 0 Å². The van der Waals surface area contributed by atoms with Crippen LogP contribution in [0.3, 0.4) is 0 Å². The Morgan fingerprint density at radius 2 is 1.83 bits per heavy atom. The van der Waals surface area contributed by atoms with Gasteiger partial charge in [0.2, 0.25) is 0 Å². The van der Waals surface area contributed by atoms with Crippen LogP contribution >= 0.6 is 11.8 Å². The van der Waals surface area contributed by atoms with Crippen LogP contribution in [0.4, 0.5) is 0 Å². The molecule has 1 aliphatic heterocycles. The smallest absolute Gasteiger partial charge is 0.280 e. The molecule has 2 aromatic heterocycles. The molecule has 1 aromatic carbocycles. The second-order valence-electron chi connectivity index (χ2n) is 6.91. The van der Waals surface area contributed by atoms with Crippen molar-refractivity contribution in [3.05, 3.63) is 68.4 Å². The zero-order valence-corrected chi connectivity index (χ0v) is 17.7. The first kappa shape index (κ1) is 19.2. The van der Waals surface area contributed by atoms with E-state index < -0.39 is 0 Å². The standard InChI is InChI=1S/C21H21N5O2S/c1-12-10-15(11-18-20(28)24(5)21(22-4)29-18)13(2)25(12)26-14(3)23-17-9-7-6-8-16(17)19(26)27/h6-11H,1-5H3. The molecule has 1 fully saturated rings. The Kier molecular flexibility index (Phi) is 4.66. The molecule has 29 heavy (non-hydrogen) atoms. The fourth-order valence-electron chi connectivity index (χ4n) is 3.59. The first-order valence-electron chi connectivity index (χ1n) is 9.16. The molecule has 3 aromatic rings. The second kappa shape index (κ2) is 7.04. The Morgan fingerprint density at radius 1 is 1.10 bits per heavy atom. The summed E-state index contributed by atoms with van der Waals surface area (Å²) in [5, 5.41) is 1.23. The third-order valence-electron chi connectivity index (χ3n) is 5.03. The minimum atomic E-state index is -0.124. The lowest BCUT2D eigenvalue weighted by molar-refractivity contribution is -0.121. The molecular weight excluding hydrogens is 386 g/mol. The van der Waals surface area contributed by atoms with Gasteiger partial charge in [-0.15, -0.1) is 0 Å². The van der Waals surface area contributed by atoms with E-state index in [1.54, 1.807) is 24.8 Å². The number of fused-ring (bicyclic) bond motifs is 1. The number of amidine groups is 1. The molecule has 1 saturated heterocycles. The molecule has 0 aliphatic carbocycles. The minimum Gasteiger partial charge on any atom is -0.290 e. The number of carbonyl (C=O) groups excluding carboxylic acids is 1. The molecule has 148 valence electrons. The van der Waals surface area contributed by atoms with Crippen LogP contribution in [0, 0.1) is 20.8 Å². The molecule has 0 atom stereocenters. The lowest BCUT2D eigenvalue weighted by Crippen LogP contribution is -2.30. The molecule has 0 N–H and O–H groups in total. The predicted octanol–water partition coefficient (Wildman–Crippen LogP) is 2.97. The molecule has 4 rings (SSSR count). The van der Waals surface area contributed by atoms with Gasteiger partial charge in [-0.25, -0.2) is 4.98 Å². The maximum Gasteiger partial charge on any atom is 0.280 e. The van der Waals surface area contributed by atoms with Gasteiger partial charge in [0.1, 0.15) is 5.82 Å². The summed E-state index contributed by atoms with van der Waals surface area (Å²) in [5.74, 6) is 0.516. The summed E-state index contributed by atoms with van der Waals surface area (Å²) in [6.45, 7) is 5.69. The summed E-state index contributed by atoms with van der Waals surface area (Å²) >= 11 is 1.35. The van der Waals surface area contributed by atoms with Gasteiger partial charge in [-0.3, -0.25) is 24.2 Å². The second-order valence-corrected chi connectivity index (χ2v) is 7.92. The van der Waals surface area contributed by atoms with Crippen molar-refractivity contribution in [2.75, 3.05) is 14.1 Å². The van der Waals surface area contributed by atoms with Gasteiger partial charge in [-0.2, -0.15) is 4.68 Å². The maximum absolute atomic E-state index is 13.2. The van der Waals surface area contributed by atoms with Crippen molar-refractivity contribution in [1.82, 2.24) is 19.2 Å². The predicted molar refractivity (Wildman–Crippen MR) is 117 cm³/mol. The number of aromatic nitrogens is 3. The SMILES string of the molecule is CN=C1SC(=Cc2cc(C)n(-n3c(C)nc4ccccc4c3=O)c2C)C(=O)N1C. The first-order chi connectivity index (χ1) is 13.8. The van der Waals surface area contributed by atoms with Crippen molar-refractivity contribution >= 4 is 39.8 Å². The van der Waals surface area contributed by atoms with E-state index in [0.29, 0.717) is 26.8 Å². The normalized spacial score (nSPS) is 17.3. The number of thioether (sulfide) groups is 1. The van der Waals surface area contributed by atoms with Crippen molar-refractivity contribution in [1.29, 1.82) is 0 Å². The quantitative estimate of drug-likeness (QED) is 0.612. The van der Waals surface area contributed by atoms with Gasteiger partial charge in [0, 0.05) is 25.5 Å². The van der Waals surface area contributed by atoms with Crippen LogP contribution in [0.5, 0.6) is 0 Å². The zero-order chi connectivity index (χ0) is 20.9. The van der Waals surface area contributed by atoms with E-state index in [1.165, 1.54) is 16.7 Å². The highest BCUT2D eigenvalue weighted by Crippen LogP contribution is 2.32. The van der Waals surface area contributed by atoms with E-state index in [1.807, 2.05) is 55.8 Å². The van der Waals surface area contributed by atoms with Crippen molar-refractivity contribution in [2.24, 2.45) is 4.99 Å². The number of aryl methyl sites for hydroxylation is 2. The fraction of sp³-hybridized carbons (Fsp3) is 0.238. The number of hydrogen-bond donors (Lipinski definition) is 0. The van der Waals surface area contributed by atoms with E-state index in [0.717, 1.165) is 17.0 Å². The monoisotopic (exact) mass is 407 g/mol. The molecule has 0 saturated carbocycles. The van der Waals surface area contributed by atoms with Crippen LogP contribution in [0.2, 0.25) is 0 Å². The minimum absolute atomic E-state index is 0.0823. The molecule has 7 nitrogen and oxygen atoms in total. The zero-order valence-electron chi connectivity index (χ0n) is 16.9. The van der Waals surface area contributed by atoms with Gasteiger partial charge < -0.3 is 0 Å². The highest BCUT2D eigenvalue weighted by molar-refractivity contribution is 8.18. The van der Waals surface area contributed by atoms with E-state index in [-0.39, 0.29) is 11.5 Å². The third kappa shape index (κ3) is 3.00. The summed E-state index contributed by atoms with van der Waals surface area (Å²) in [4.78, 5) is 36.6. The summed E-state index contributed by atoms with van der Waals surface area (Å²) in [5.41, 5.74) is 3.17. The summed E-state index contributed by atoms with van der Waals surface area (Å²) in [7, 11) is 3.38. The van der Waals surface area contributed by atoms with E-state index in [9.17, 15) is 9.59 Å². The molecule has 0 unspecified atom stereocenters. The van der Waals surface area contributed by atoms with E-state index in [2.05, 4.69) is 9.98 Å². The van der Waals surface area contributed by atoms with Gasteiger partial charge in [0.25, 0.3) is 11.5 Å². The average molecular weight is 407 g/mol. The van der Waals surface area contributed by atoms with Gasteiger partial charge in [-0.1, -0.05) is 12.1 Å². The number of para-hydroxylation sites is 1. The number of benzene rings is 1. The molecule has 8 heteroatoms. The van der Waals surface area contributed by atoms with Crippen LogP contribution in [-0.2, 0) is 4.79 Å². The van der Waals surface area contributed by atoms with Crippen LogP contribution < -0.4 is 5.56 Å². The van der Waals surface area contributed by atoms with Crippen LogP contribution in [-0.4, -0.2) is 44.4 Å². The number of rotatable bonds is 2. The van der Waals surface area contributed by atoms with Gasteiger partial charge >= 0.3 is 0 Å². The highest BCUT2D eigenvalue weighted by Gasteiger charge is 2.30. The molecule has 0 radical (unpaired) electrons. The third-order valence-corrected chi connectivity index (χ3v) is 6.18. The first-order valence-corrected chi connectivity index (χ1v) is 9.97. The Bertz CT molecular complexity index is 1280. The number of likely N-dealkylation sites (N-methyl/N-ethyl adjacent to an activating group) is 1. The number of amides is 1. The number of nitrogens with zero attached hydrogens (tertiary/aromatic N) is 5. The summed E-state index contributed by atoms with van der Waals surface area (Å²) in [6, 6.07) is 9.30. The number of carbonyl (C=O) groups is 1. The highest BCUT2D eigenvalue weighted by atomic mass is 32.2. The lowest BCUT2D eigenvalue weighted by atomic mass is 10.2. The topological polar surface area (TPSA) is 72.5 Å². The number of aliphatic imine (C=N–C) groups is 1. The van der Waals surface area contributed by atoms with Crippen LogP contribution in [0.25, 0.3) is 17.0 Å². The molecule has 0 spiro atoms. The number of hydrogen-bond acceptors (Lipinski definition) is 5. The van der Waals surface area contributed by atoms with Crippen molar-refractivity contribution in [3.8, 4) is 0 Å². The molecule has 1 amide bonds. The Hall–Kier alpha value is -3.13. The van der Waals surface area contributed by atoms with Crippen molar-refractivity contribution in [3.63, 3.8) is 0 Å². The lowest BCUT2D eigenvalue weighted by Gasteiger charge is -2.16. The average Bonchev–Trinajstić information content (AvgIpc) is 3.12. The van der Waals surface area contributed by atoms with Gasteiger partial charge in [-0.05, 0) is 62.4 Å². The van der Waals surface area contributed by atoms with Crippen LogP contribution in [0.15, 0.2) is 45.0 Å². The fourth-order valence-corrected chi connectivity index (χ4v) is 4.51. The molecule has 3 heterocycles. The molecule has 0 bridgehead atoms. The Labute approximate surface area is 172 Å². The Balaban J connectivity index is 1.88. The van der Waals surface area contributed by atoms with Gasteiger partial charge in [0.15, 0.2) is 5.17 Å². The maximum atomic E-state index is 13.2. The van der Waals surface area contributed by atoms with E-state index >= 15 is 0 Å². The van der Waals surface area contributed by atoms with Crippen LogP contribution in [0.1, 0.15) is 22.8 Å². The molecular formula is C21H21N5O2S. The van der Waals surface area contributed by atoms with Crippen molar-refractivity contribution in [2.45, 2.75) is 20.8 Å². The van der Waals surface area contributed by atoms with Crippen molar-refractivity contribution < 1.29 is 4.79 Å². The Morgan fingerprint density at radius 3 is 2.52 bits per heavy atom.